The van der Waals surface area contributed by atoms with E-state index in [2.05, 4.69) is 15.5 Å². The van der Waals surface area contributed by atoms with Crippen molar-refractivity contribution in [2.45, 2.75) is 39.5 Å². The molecule has 0 bridgehead atoms. The number of nitrogens with one attached hydrogen (secondary N) is 1. The molecule has 0 aromatic carbocycles. The van der Waals surface area contributed by atoms with E-state index in [1.807, 2.05) is 24.0 Å². The fraction of sp³-hybridized carbons (Fsp3) is 0.500. The van der Waals surface area contributed by atoms with Gasteiger partial charge >= 0.3 is 0 Å². The summed E-state index contributed by atoms with van der Waals surface area (Å²) < 4.78 is 27.4. The Kier molecular flexibility index (Phi) is 4.62. The number of rotatable bonds is 7. The lowest BCUT2D eigenvalue weighted by atomic mass is 10.3. The number of aromatic nitrogens is 4. The molecule has 0 aliphatic carbocycles. The van der Waals surface area contributed by atoms with E-state index in [4.69, 9.17) is 0 Å². The third kappa shape index (κ3) is 4.13. The highest BCUT2D eigenvalue weighted by Crippen LogP contribution is 2.03. The summed E-state index contributed by atoms with van der Waals surface area (Å²) in [6.45, 7) is 3.81. The zero-order chi connectivity index (χ0) is 13.7. The van der Waals surface area contributed by atoms with Crippen LogP contribution in [0.4, 0.5) is 8.78 Å². The number of hydrogen-bond acceptors (Lipinski definition) is 3. The van der Waals surface area contributed by atoms with E-state index in [1.165, 1.54) is 4.68 Å². The Morgan fingerprint density at radius 2 is 1.68 bits per heavy atom. The van der Waals surface area contributed by atoms with Crippen LogP contribution in [-0.2, 0) is 26.2 Å². The van der Waals surface area contributed by atoms with E-state index in [0.717, 1.165) is 17.7 Å². The van der Waals surface area contributed by atoms with Gasteiger partial charge in [0.05, 0.1) is 12.4 Å². The molecule has 2 heterocycles. The molecule has 0 aliphatic rings. The number of alkyl halides is 2. The van der Waals surface area contributed by atoms with Crippen LogP contribution in [0.5, 0.6) is 0 Å². The van der Waals surface area contributed by atoms with Gasteiger partial charge in [-0.05, 0) is 6.92 Å². The SMILES string of the molecule is CCn1cc(CNCc2cnn(CC(F)F)c2)cn1. The Bertz CT molecular complexity index is 506. The lowest BCUT2D eigenvalue weighted by Gasteiger charge is -2.00. The zero-order valence-electron chi connectivity index (χ0n) is 10.8. The Balaban J connectivity index is 1.77. The van der Waals surface area contributed by atoms with Crippen LogP contribution in [0.25, 0.3) is 0 Å². The molecule has 1 N–H and O–H groups in total. The van der Waals surface area contributed by atoms with Crippen molar-refractivity contribution in [3.63, 3.8) is 0 Å². The molecule has 0 unspecified atom stereocenters. The van der Waals surface area contributed by atoms with Crippen molar-refractivity contribution in [2.24, 2.45) is 0 Å². The van der Waals surface area contributed by atoms with Gasteiger partial charge in [0.25, 0.3) is 6.43 Å². The molecule has 0 saturated carbocycles. The third-order valence-corrected chi connectivity index (χ3v) is 2.68. The highest BCUT2D eigenvalue weighted by atomic mass is 19.3. The molecule has 2 aromatic heterocycles. The van der Waals surface area contributed by atoms with E-state index in [-0.39, 0.29) is 6.54 Å². The second-order valence-electron chi connectivity index (χ2n) is 4.27. The number of halogens is 2. The van der Waals surface area contributed by atoms with Crippen LogP contribution in [0, 0.1) is 0 Å². The molecule has 0 atom stereocenters. The van der Waals surface area contributed by atoms with Crippen LogP contribution >= 0.6 is 0 Å². The Morgan fingerprint density at radius 1 is 1.11 bits per heavy atom. The Hall–Kier alpha value is -1.76. The van der Waals surface area contributed by atoms with E-state index in [1.54, 1.807) is 12.4 Å². The molecular weight excluding hydrogens is 252 g/mol. The van der Waals surface area contributed by atoms with Crippen LogP contribution in [0.15, 0.2) is 24.8 Å². The predicted molar refractivity (Wildman–Crippen MR) is 66.7 cm³/mol. The summed E-state index contributed by atoms with van der Waals surface area (Å²) in [5.41, 5.74) is 1.99. The molecule has 5 nitrogen and oxygen atoms in total. The van der Waals surface area contributed by atoms with Gasteiger partial charge in [0, 0.05) is 43.2 Å². The van der Waals surface area contributed by atoms with Crippen molar-refractivity contribution in [1.29, 1.82) is 0 Å². The van der Waals surface area contributed by atoms with Gasteiger partial charge in [0.15, 0.2) is 0 Å². The van der Waals surface area contributed by atoms with Gasteiger partial charge in [-0.25, -0.2) is 8.78 Å². The first-order chi connectivity index (χ1) is 9.17. The van der Waals surface area contributed by atoms with Crippen molar-refractivity contribution in [1.82, 2.24) is 24.9 Å². The fourth-order valence-corrected chi connectivity index (χ4v) is 1.76. The summed E-state index contributed by atoms with van der Waals surface area (Å²) in [5.74, 6) is 0. The third-order valence-electron chi connectivity index (χ3n) is 2.68. The van der Waals surface area contributed by atoms with Crippen molar-refractivity contribution >= 4 is 0 Å². The standard InChI is InChI=1S/C12H17F2N5/c1-2-18-7-10(5-16-18)3-15-4-11-6-17-19(8-11)9-12(13)14/h5-8,12,15H,2-4,9H2,1H3. The lowest BCUT2D eigenvalue weighted by molar-refractivity contribution is 0.122. The molecule has 0 radical (unpaired) electrons. The molecule has 7 heteroatoms. The minimum Gasteiger partial charge on any atom is -0.308 e. The van der Waals surface area contributed by atoms with Gasteiger partial charge in [-0.1, -0.05) is 0 Å². The second kappa shape index (κ2) is 6.42. The maximum atomic E-state index is 12.2. The van der Waals surface area contributed by atoms with Gasteiger partial charge in [0.1, 0.15) is 6.54 Å². The van der Waals surface area contributed by atoms with Crippen molar-refractivity contribution in [2.75, 3.05) is 0 Å². The maximum Gasteiger partial charge on any atom is 0.257 e. The largest absolute Gasteiger partial charge is 0.308 e. The normalized spacial score (nSPS) is 11.4. The van der Waals surface area contributed by atoms with Crippen molar-refractivity contribution in [3.8, 4) is 0 Å². The Morgan fingerprint density at radius 3 is 2.21 bits per heavy atom. The van der Waals surface area contributed by atoms with E-state index in [0.29, 0.717) is 13.1 Å². The first-order valence-electron chi connectivity index (χ1n) is 6.19. The summed E-state index contributed by atoms with van der Waals surface area (Å²) in [5, 5.41) is 11.3. The van der Waals surface area contributed by atoms with E-state index >= 15 is 0 Å². The van der Waals surface area contributed by atoms with Gasteiger partial charge in [-0.3, -0.25) is 9.36 Å². The molecular formula is C12H17F2N5. The fourth-order valence-electron chi connectivity index (χ4n) is 1.76. The zero-order valence-corrected chi connectivity index (χ0v) is 10.8. The summed E-state index contributed by atoms with van der Waals surface area (Å²) in [6.07, 6.45) is 4.66. The molecule has 0 fully saturated rings. The molecule has 0 amide bonds. The van der Waals surface area contributed by atoms with Gasteiger partial charge in [0.2, 0.25) is 0 Å². The van der Waals surface area contributed by atoms with Crippen LogP contribution in [0.3, 0.4) is 0 Å². The van der Waals surface area contributed by atoms with E-state index in [9.17, 15) is 8.78 Å². The molecule has 0 saturated heterocycles. The highest BCUT2D eigenvalue weighted by Gasteiger charge is 2.05. The van der Waals surface area contributed by atoms with Gasteiger partial charge < -0.3 is 5.32 Å². The average molecular weight is 269 g/mol. The highest BCUT2D eigenvalue weighted by molar-refractivity contribution is 5.06. The summed E-state index contributed by atoms with van der Waals surface area (Å²) in [4.78, 5) is 0. The molecule has 0 aliphatic heterocycles. The second-order valence-corrected chi connectivity index (χ2v) is 4.27. The van der Waals surface area contributed by atoms with Crippen LogP contribution < -0.4 is 5.32 Å². The smallest absolute Gasteiger partial charge is 0.257 e. The van der Waals surface area contributed by atoms with Crippen molar-refractivity contribution < 1.29 is 8.78 Å². The molecule has 19 heavy (non-hydrogen) atoms. The van der Waals surface area contributed by atoms with Crippen LogP contribution in [0.1, 0.15) is 18.1 Å². The Labute approximate surface area is 110 Å². The molecule has 104 valence electrons. The van der Waals surface area contributed by atoms with E-state index < -0.39 is 6.43 Å². The number of aryl methyl sites for hydroxylation is 1. The first-order valence-corrected chi connectivity index (χ1v) is 6.19. The molecule has 0 spiro atoms. The quantitative estimate of drug-likeness (QED) is 0.831. The first kappa shape index (κ1) is 13.7. The minimum absolute atomic E-state index is 0.358. The summed E-state index contributed by atoms with van der Waals surface area (Å²) in [7, 11) is 0. The lowest BCUT2D eigenvalue weighted by Crippen LogP contribution is -2.12. The van der Waals surface area contributed by atoms with Crippen LogP contribution in [-0.4, -0.2) is 26.0 Å². The maximum absolute atomic E-state index is 12.2. The van der Waals surface area contributed by atoms with Crippen molar-refractivity contribution in [3.05, 3.63) is 35.9 Å². The number of nitrogens with zero attached hydrogens (tertiary/aromatic N) is 4. The molecule has 2 aromatic rings. The van der Waals surface area contributed by atoms with Crippen LogP contribution in [0.2, 0.25) is 0 Å². The topological polar surface area (TPSA) is 47.7 Å². The summed E-state index contributed by atoms with van der Waals surface area (Å²) in [6, 6.07) is 0. The molecule has 2 rings (SSSR count). The number of hydrogen-bond donors (Lipinski definition) is 1. The monoisotopic (exact) mass is 269 g/mol. The van der Waals surface area contributed by atoms with Gasteiger partial charge in [-0.15, -0.1) is 0 Å². The average Bonchev–Trinajstić information content (AvgIpc) is 2.98. The minimum atomic E-state index is -2.37. The predicted octanol–water partition coefficient (Wildman–Crippen LogP) is 1.65. The van der Waals surface area contributed by atoms with Gasteiger partial charge in [-0.2, -0.15) is 10.2 Å². The summed E-state index contributed by atoms with van der Waals surface area (Å²) >= 11 is 0.